The van der Waals surface area contributed by atoms with E-state index >= 15 is 0 Å². The predicted octanol–water partition coefficient (Wildman–Crippen LogP) is 2.38. The van der Waals surface area contributed by atoms with Crippen LogP contribution in [0.5, 0.6) is 5.75 Å². The SMILES string of the molecule is Cc1c(O)cccc1C(=O)N[C@@H](Cc1ccccc1)[C@H](O)C(=O)N1CSC(C)(C)C1C(=O)NC[C@H]1CCCO1. The van der Waals surface area contributed by atoms with Gasteiger partial charge in [-0.1, -0.05) is 36.4 Å². The Morgan fingerprint density at radius 3 is 2.59 bits per heavy atom. The number of carbonyl (C=O) groups excluding carboxylic acids is 3. The minimum atomic E-state index is -1.60. The van der Waals surface area contributed by atoms with E-state index in [-0.39, 0.29) is 35.6 Å². The Balaban J connectivity index is 1.54. The first-order valence-electron chi connectivity index (χ1n) is 13.2. The number of ether oxygens (including phenoxy) is 1. The maximum absolute atomic E-state index is 13.7. The summed E-state index contributed by atoms with van der Waals surface area (Å²) in [6.45, 7) is 6.49. The number of carbonyl (C=O) groups is 3. The molecule has 2 aromatic rings. The molecule has 2 saturated heterocycles. The molecule has 39 heavy (non-hydrogen) atoms. The van der Waals surface area contributed by atoms with E-state index in [0.29, 0.717) is 18.7 Å². The maximum atomic E-state index is 13.7. The van der Waals surface area contributed by atoms with Crippen molar-refractivity contribution in [2.24, 2.45) is 0 Å². The van der Waals surface area contributed by atoms with E-state index in [1.54, 1.807) is 19.1 Å². The number of nitrogens with one attached hydrogen (secondary N) is 2. The molecule has 0 saturated carbocycles. The quantitative estimate of drug-likeness (QED) is 0.374. The minimum absolute atomic E-state index is 0.0212. The highest BCUT2D eigenvalue weighted by atomic mass is 32.2. The number of hydrogen-bond donors (Lipinski definition) is 4. The lowest BCUT2D eigenvalue weighted by Gasteiger charge is -2.33. The van der Waals surface area contributed by atoms with Gasteiger partial charge in [-0.05, 0) is 57.7 Å². The minimum Gasteiger partial charge on any atom is -0.508 e. The Hall–Kier alpha value is -3.08. The van der Waals surface area contributed by atoms with Gasteiger partial charge in [0.25, 0.3) is 11.8 Å². The lowest BCUT2D eigenvalue weighted by atomic mass is 9.96. The number of phenols is 1. The molecule has 4 N–H and O–H groups in total. The average molecular weight is 556 g/mol. The number of benzene rings is 2. The highest BCUT2D eigenvalue weighted by Gasteiger charge is 2.50. The van der Waals surface area contributed by atoms with Crippen LogP contribution in [0.4, 0.5) is 0 Å². The molecule has 2 aliphatic rings. The predicted molar refractivity (Wildman–Crippen MR) is 149 cm³/mol. The van der Waals surface area contributed by atoms with Gasteiger partial charge in [0, 0.05) is 29.0 Å². The van der Waals surface area contributed by atoms with Gasteiger partial charge in [0.05, 0.1) is 18.0 Å². The van der Waals surface area contributed by atoms with Crippen molar-refractivity contribution in [1.29, 1.82) is 0 Å². The number of aliphatic hydroxyl groups excluding tert-OH is 1. The Morgan fingerprint density at radius 1 is 1.15 bits per heavy atom. The third-order valence-corrected chi connectivity index (χ3v) is 8.78. The van der Waals surface area contributed by atoms with Crippen LogP contribution in [0.25, 0.3) is 0 Å². The molecule has 1 unspecified atom stereocenters. The van der Waals surface area contributed by atoms with Crippen molar-refractivity contribution < 1.29 is 29.3 Å². The fourth-order valence-electron chi connectivity index (χ4n) is 5.10. The second kappa shape index (κ2) is 12.4. The molecule has 3 amide bonds. The molecule has 0 spiro atoms. The second-order valence-electron chi connectivity index (χ2n) is 10.6. The molecule has 4 rings (SSSR count). The number of thioether (sulfide) groups is 1. The van der Waals surface area contributed by atoms with Crippen molar-refractivity contribution in [3.63, 3.8) is 0 Å². The summed E-state index contributed by atoms with van der Waals surface area (Å²) in [5, 5.41) is 27.2. The standard InChI is InChI=1S/C29H37N3O6S/c1-18-21(12-7-13-23(18)33)26(35)31-22(15-19-9-5-4-6-10-19)24(34)28(37)32-17-39-29(2,3)25(32)27(36)30-16-20-11-8-14-38-20/h4-7,9-10,12-13,20,22,24-25,33-34H,8,11,14-17H2,1-3H3,(H,30,36)(H,31,35)/t20-,22+,24+,25?/m1/s1. The highest BCUT2D eigenvalue weighted by molar-refractivity contribution is 8.00. The van der Waals surface area contributed by atoms with Crippen molar-refractivity contribution in [2.75, 3.05) is 19.0 Å². The molecule has 0 radical (unpaired) electrons. The zero-order valence-electron chi connectivity index (χ0n) is 22.6. The largest absolute Gasteiger partial charge is 0.508 e. The third-order valence-electron chi connectivity index (χ3n) is 7.40. The first-order valence-corrected chi connectivity index (χ1v) is 14.2. The van der Waals surface area contributed by atoms with Crippen LogP contribution in [0.2, 0.25) is 0 Å². The van der Waals surface area contributed by atoms with Crippen LogP contribution >= 0.6 is 11.8 Å². The maximum Gasteiger partial charge on any atom is 0.254 e. The summed E-state index contributed by atoms with van der Waals surface area (Å²) in [6, 6.07) is 12.1. The molecule has 0 bridgehead atoms. The van der Waals surface area contributed by atoms with Crippen molar-refractivity contribution in [3.05, 3.63) is 65.2 Å². The summed E-state index contributed by atoms with van der Waals surface area (Å²) in [5.74, 6) is -1.22. The van der Waals surface area contributed by atoms with Gasteiger partial charge in [0.2, 0.25) is 5.91 Å². The van der Waals surface area contributed by atoms with Gasteiger partial charge in [-0.15, -0.1) is 11.8 Å². The number of phenolic OH excluding ortho intramolecular Hbond substituents is 1. The normalized spacial score (nSPS) is 21.8. The number of aromatic hydroxyl groups is 1. The molecule has 10 heteroatoms. The zero-order valence-corrected chi connectivity index (χ0v) is 23.4. The van der Waals surface area contributed by atoms with Gasteiger partial charge in [-0.3, -0.25) is 14.4 Å². The first kappa shape index (κ1) is 28.9. The van der Waals surface area contributed by atoms with E-state index < -0.39 is 34.7 Å². The Kier molecular flexibility index (Phi) is 9.19. The topological polar surface area (TPSA) is 128 Å². The van der Waals surface area contributed by atoms with Crippen LogP contribution in [-0.4, -0.2) is 80.9 Å². The monoisotopic (exact) mass is 555 g/mol. The number of nitrogens with zero attached hydrogens (tertiary/aromatic N) is 1. The summed E-state index contributed by atoms with van der Waals surface area (Å²) in [5.41, 5.74) is 1.47. The summed E-state index contributed by atoms with van der Waals surface area (Å²) in [4.78, 5) is 41.7. The van der Waals surface area contributed by atoms with E-state index in [9.17, 15) is 24.6 Å². The zero-order chi connectivity index (χ0) is 28.2. The third kappa shape index (κ3) is 6.74. The van der Waals surface area contributed by atoms with E-state index in [1.807, 2.05) is 44.2 Å². The lowest BCUT2D eigenvalue weighted by molar-refractivity contribution is -0.147. The Morgan fingerprint density at radius 2 is 1.90 bits per heavy atom. The van der Waals surface area contributed by atoms with Crippen molar-refractivity contribution >= 4 is 29.5 Å². The summed E-state index contributed by atoms with van der Waals surface area (Å²) < 4.78 is 5.03. The highest BCUT2D eigenvalue weighted by Crippen LogP contribution is 2.40. The molecule has 2 heterocycles. The Labute approximate surface area is 233 Å². The van der Waals surface area contributed by atoms with Crippen molar-refractivity contribution in [1.82, 2.24) is 15.5 Å². The van der Waals surface area contributed by atoms with E-state index in [2.05, 4.69) is 10.6 Å². The first-order chi connectivity index (χ1) is 18.6. The van der Waals surface area contributed by atoms with Crippen LogP contribution in [0, 0.1) is 6.92 Å². The van der Waals surface area contributed by atoms with Gasteiger partial charge < -0.3 is 30.5 Å². The van der Waals surface area contributed by atoms with Gasteiger partial charge in [-0.25, -0.2) is 0 Å². The molecule has 4 atom stereocenters. The van der Waals surface area contributed by atoms with Gasteiger partial charge in [-0.2, -0.15) is 0 Å². The van der Waals surface area contributed by atoms with Crippen molar-refractivity contribution in [3.8, 4) is 5.75 Å². The van der Waals surface area contributed by atoms with Crippen LogP contribution in [-0.2, 0) is 20.7 Å². The average Bonchev–Trinajstić information content (AvgIpc) is 3.55. The fraction of sp³-hybridized carbons (Fsp3) is 0.483. The molecule has 0 aliphatic carbocycles. The molecule has 9 nitrogen and oxygen atoms in total. The van der Waals surface area contributed by atoms with Gasteiger partial charge in [0.1, 0.15) is 11.8 Å². The molecule has 2 aromatic carbocycles. The number of hydrogen-bond acceptors (Lipinski definition) is 7. The van der Waals surface area contributed by atoms with Crippen LogP contribution in [0.1, 0.15) is 48.2 Å². The number of amides is 3. The molecule has 0 aromatic heterocycles. The molecule has 2 fully saturated rings. The number of rotatable bonds is 9. The lowest BCUT2D eigenvalue weighted by Crippen LogP contribution is -2.59. The second-order valence-corrected chi connectivity index (χ2v) is 12.2. The number of aliphatic hydroxyl groups is 1. The summed E-state index contributed by atoms with van der Waals surface area (Å²) in [7, 11) is 0. The van der Waals surface area contributed by atoms with E-state index in [4.69, 9.17) is 4.74 Å². The molecular formula is C29H37N3O6S. The van der Waals surface area contributed by atoms with Crippen LogP contribution in [0.15, 0.2) is 48.5 Å². The molecule has 2 aliphatic heterocycles. The fourth-order valence-corrected chi connectivity index (χ4v) is 6.24. The van der Waals surface area contributed by atoms with E-state index in [1.165, 1.54) is 22.7 Å². The smallest absolute Gasteiger partial charge is 0.254 e. The van der Waals surface area contributed by atoms with Gasteiger partial charge in [0.15, 0.2) is 6.10 Å². The van der Waals surface area contributed by atoms with E-state index in [0.717, 1.165) is 18.4 Å². The van der Waals surface area contributed by atoms with Gasteiger partial charge >= 0.3 is 0 Å². The van der Waals surface area contributed by atoms with Crippen LogP contribution < -0.4 is 10.6 Å². The summed E-state index contributed by atoms with van der Waals surface area (Å²) >= 11 is 1.46. The van der Waals surface area contributed by atoms with Crippen molar-refractivity contribution in [2.45, 2.75) is 69.1 Å². The summed E-state index contributed by atoms with van der Waals surface area (Å²) in [6.07, 6.45) is 0.391. The van der Waals surface area contributed by atoms with Crippen LogP contribution in [0.3, 0.4) is 0 Å². The molecule has 210 valence electrons. The Bertz CT molecular complexity index is 1180. The molecular weight excluding hydrogens is 518 g/mol.